The molecule has 1 heterocycles. The van der Waals surface area contributed by atoms with E-state index in [-0.39, 0.29) is 0 Å². The number of aromatic nitrogens is 2. The molecule has 0 radical (unpaired) electrons. The summed E-state index contributed by atoms with van der Waals surface area (Å²) in [6, 6.07) is 0. The molecule has 1 aromatic heterocycles. The van der Waals surface area contributed by atoms with E-state index < -0.39 is 0 Å². The molecule has 0 fully saturated rings. The summed E-state index contributed by atoms with van der Waals surface area (Å²) < 4.78 is 5.83. The standard InChI is InChI=1S/C10H17BrN4O/c1-16-9-8(11)7-14-10(15-9)13-6-4-2-3-5-12/h7H,2-6,12H2,1H3,(H,13,14,15). The molecule has 6 heteroatoms. The number of ether oxygens (including phenoxy) is 1. The lowest BCUT2D eigenvalue weighted by Crippen LogP contribution is -2.07. The molecule has 0 aliphatic rings. The topological polar surface area (TPSA) is 73.1 Å². The molecule has 16 heavy (non-hydrogen) atoms. The second-order valence-corrected chi connectivity index (χ2v) is 4.18. The number of nitrogens with one attached hydrogen (secondary N) is 1. The van der Waals surface area contributed by atoms with Crippen LogP contribution >= 0.6 is 15.9 Å². The molecule has 0 saturated carbocycles. The van der Waals surface area contributed by atoms with Crippen molar-refractivity contribution >= 4 is 21.9 Å². The van der Waals surface area contributed by atoms with E-state index in [1.807, 2.05) is 0 Å². The van der Waals surface area contributed by atoms with E-state index >= 15 is 0 Å². The number of hydrogen-bond donors (Lipinski definition) is 2. The SMILES string of the molecule is COc1nc(NCCCCCN)ncc1Br. The number of rotatable bonds is 7. The zero-order chi connectivity index (χ0) is 11.8. The van der Waals surface area contributed by atoms with Gasteiger partial charge < -0.3 is 15.8 Å². The molecule has 1 aromatic rings. The van der Waals surface area contributed by atoms with Gasteiger partial charge in [0.1, 0.15) is 0 Å². The van der Waals surface area contributed by atoms with Gasteiger partial charge in [-0.15, -0.1) is 0 Å². The molecule has 5 nitrogen and oxygen atoms in total. The second-order valence-electron chi connectivity index (χ2n) is 3.33. The number of methoxy groups -OCH3 is 1. The van der Waals surface area contributed by atoms with Crippen LogP contribution in [0.25, 0.3) is 0 Å². The maximum atomic E-state index is 5.41. The summed E-state index contributed by atoms with van der Waals surface area (Å²) in [5.74, 6) is 1.13. The maximum absolute atomic E-state index is 5.41. The Balaban J connectivity index is 2.36. The fourth-order valence-corrected chi connectivity index (χ4v) is 1.58. The zero-order valence-corrected chi connectivity index (χ0v) is 11.0. The molecule has 0 aliphatic heterocycles. The minimum absolute atomic E-state index is 0.541. The number of unbranched alkanes of at least 4 members (excludes halogenated alkanes) is 2. The van der Waals surface area contributed by atoms with Crippen molar-refractivity contribution in [3.63, 3.8) is 0 Å². The average Bonchev–Trinajstić information content (AvgIpc) is 2.31. The predicted octanol–water partition coefficient (Wildman–Crippen LogP) is 1.79. The van der Waals surface area contributed by atoms with Crippen LogP contribution in [0.2, 0.25) is 0 Å². The Morgan fingerprint density at radius 1 is 1.44 bits per heavy atom. The molecule has 0 aromatic carbocycles. The van der Waals surface area contributed by atoms with E-state index in [0.717, 1.165) is 36.8 Å². The van der Waals surface area contributed by atoms with Gasteiger partial charge in [-0.2, -0.15) is 4.98 Å². The van der Waals surface area contributed by atoms with Gasteiger partial charge in [-0.3, -0.25) is 0 Å². The van der Waals surface area contributed by atoms with E-state index in [2.05, 4.69) is 31.2 Å². The van der Waals surface area contributed by atoms with Gasteiger partial charge in [-0.05, 0) is 35.3 Å². The highest BCUT2D eigenvalue weighted by Gasteiger charge is 2.03. The van der Waals surface area contributed by atoms with Crippen molar-refractivity contribution in [1.29, 1.82) is 0 Å². The van der Waals surface area contributed by atoms with Gasteiger partial charge in [-0.1, -0.05) is 6.42 Å². The average molecular weight is 289 g/mol. The van der Waals surface area contributed by atoms with Crippen LogP contribution < -0.4 is 15.8 Å². The van der Waals surface area contributed by atoms with Crippen molar-refractivity contribution in [1.82, 2.24) is 9.97 Å². The number of nitrogens with zero attached hydrogens (tertiary/aromatic N) is 2. The van der Waals surface area contributed by atoms with E-state index in [1.54, 1.807) is 13.3 Å². The zero-order valence-electron chi connectivity index (χ0n) is 9.37. The van der Waals surface area contributed by atoms with Gasteiger partial charge in [0.05, 0.1) is 17.8 Å². The van der Waals surface area contributed by atoms with Gasteiger partial charge in [0.2, 0.25) is 11.8 Å². The summed E-state index contributed by atoms with van der Waals surface area (Å²) in [7, 11) is 1.58. The van der Waals surface area contributed by atoms with Crippen LogP contribution in [0.4, 0.5) is 5.95 Å². The van der Waals surface area contributed by atoms with Crippen LogP contribution in [0.15, 0.2) is 10.7 Å². The molecule has 0 unspecified atom stereocenters. The van der Waals surface area contributed by atoms with Crippen molar-refractivity contribution < 1.29 is 4.74 Å². The molecule has 0 amide bonds. The first-order chi connectivity index (χ1) is 7.77. The highest BCUT2D eigenvalue weighted by Crippen LogP contribution is 2.21. The lowest BCUT2D eigenvalue weighted by molar-refractivity contribution is 0.394. The minimum atomic E-state index is 0.541. The van der Waals surface area contributed by atoms with Crippen LogP contribution in [-0.2, 0) is 0 Å². The molecule has 0 atom stereocenters. The van der Waals surface area contributed by atoms with Crippen molar-refractivity contribution in [2.75, 3.05) is 25.5 Å². The first-order valence-electron chi connectivity index (χ1n) is 5.28. The van der Waals surface area contributed by atoms with Crippen LogP contribution in [-0.4, -0.2) is 30.2 Å². The van der Waals surface area contributed by atoms with Crippen LogP contribution in [0, 0.1) is 0 Å². The molecule has 1 rings (SSSR count). The van der Waals surface area contributed by atoms with Crippen LogP contribution in [0.5, 0.6) is 5.88 Å². The van der Waals surface area contributed by atoms with Gasteiger partial charge >= 0.3 is 0 Å². The third-order valence-corrected chi connectivity index (χ3v) is 2.61. The van der Waals surface area contributed by atoms with E-state index in [4.69, 9.17) is 10.5 Å². The monoisotopic (exact) mass is 288 g/mol. The highest BCUT2D eigenvalue weighted by atomic mass is 79.9. The highest BCUT2D eigenvalue weighted by molar-refractivity contribution is 9.10. The molecule has 0 bridgehead atoms. The van der Waals surface area contributed by atoms with Crippen molar-refractivity contribution in [3.05, 3.63) is 10.7 Å². The van der Waals surface area contributed by atoms with E-state index in [0.29, 0.717) is 11.8 Å². The summed E-state index contributed by atoms with van der Waals surface area (Å²) in [5.41, 5.74) is 5.41. The predicted molar refractivity (Wildman–Crippen MR) is 67.7 cm³/mol. The third-order valence-electron chi connectivity index (χ3n) is 2.07. The van der Waals surface area contributed by atoms with E-state index in [1.165, 1.54) is 0 Å². The molecule has 0 aliphatic carbocycles. The van der Waals surface area contributed by atoms with Crippen LogP contribution in [0.3, 0.4) is 0 Å². The molecular weight excluding hydrogens is 272 g/mol. The van der Waals surface area contributed by atoms with Crippen molar-refractivity contribution in [2.24, 2.45) is 5.73 Å². The Morgan fingerprint density at radius 2 is 2.25 bits per heavy atom. The quantitative estimate of drug-likeness (QED) is 0.749. The minimum Gasteiger partial charge on any atom is -0.480 e. The summed E-state index contributed by atoms with van der Waals surface area (Å²) in [4.78, 5) is 8.32. The Morgan fingerprint density at radius 3 is 2.94 bits per heavy atom. The van der Waals surface area contributed by atoms with Gasteiger partial charge in [-0.25, -0.2) is 4.98 Å². The number of anilines is 1. The third kappa shape index (κ3) is 4.32. The fourth-order valence-electron chi connectivity index (χ4n) is 1.23. The second kappa shape index (κ2) is 7.40. The number of nitrogens with two attached hydrogens (primary N) is 1. The Labute approximate surface area is 104 Å². The lowest BCUT2D eigenvalue weighted by Gasteiger charge is -2.06. The Hall–Kier alpha value is -0.880. The molecule has 0 spiro atoms. The Bertz CT molecular complexity index is 322. The summed E-state index contributed by atoms with van der Waals surface area (Å²) in [6.07, 6.45) is 4.93. The molecule has 0 saturated heterocycles. The molecular formula is C10H17BrN4O. The molecule has 3 N–H and O–H groups in total. The molecule has 90 valence electrons. The Kier molecular flexibility index (Phi) is 6.10. The first-order valence-corrected chi connectivity index (χ1v) is 6.07. The van der Waals surface area contributed by atoms with Gasteiger partial charge in [0, 0.05) is 6.54 Å². The van der Waals surface area contributed by atoms with Gasteiger partial charge in [0.15, 0.2) is 0 Å². The number of halogens is 1. The largest absolute Gasteiger partial charge is 0.480 e. The summed E-state index contributed by atoms with van der Waals surface area (Å²) in [6.45, 7) is 1.60. The van der Waals surface area contributed by atoms with E-state index in [9.17, 15) is 0 Å². The lowest BCUT2D eigenvalue weighted by atomic mass is 10.2. The fraction of sp³-hybridized carbons (Fsp3) is 0.600. The summed E-state index contributed by atoms with van der Waals surface area (Å²) >= 11 is 3.30. The maximum Gasteiger partial charge on any atom is 0.232 e. The smallest absolute Gasteiger partial charge is 0.232 e. The normalized spacial score (nSPS) is 10.2. The van der Waals surface area contributed by atoms with Crippen molar-refractivity contribution in [3.8, 4) is 5.88 Å². The van der Waals surface area contributed by atoms with Crippen molar-refractivity contribution in [2.45, 2.75) is 19.3 Å². The first kappa shape index (κ1) is 13.2. The van der Waals surface area contributed by atoms with Crippen LogP contribution in [0.1, 0.15) is 19.3 Å². The summed E-state index contributed by atoms with van der Waals surface area (Å²) in [5, 5.41) is 3.14. The number of hydrogen-bond acceptors (Lipinski definition) is 5. The van der Waals surface area contributed by atoms with Gasteiger partial charge in [0.25, 0.3) is 0 Å².